The summed E-state index contributed by atoms with van der Waals surface area (Å²) in [4.78, 5) is 0. The Morgan fingerprint density at radius 1 is 1.36 bits per heavy atom. The lowest BCUT2D eigenvalue weighted by atomic mass is 10.1. The monoisotopic (exact) mass is 254 g/mol. The first-order valence-corrected chi connectivity index (χ1v) is 5.21. The SMILES string of the molecule is Cc1oc2c(CO)cc(Br)cc2c1C. The molecule has 1 heterocycles. The average molecular weight is 255 g/mol. The van der Waals surface area contributed by atoms with E-state index in [2.05, 4.69) is 15.9 Å². The summed E-state index contributed by atoms with van der Waals surface area (Å²) in [5, 5.41) is 10.2. The van der Waals surface area contributed by atoms with Crippen molar-refractivity contribution in [1.29, 1.82) is 0 Å². The Labute approximate surface area is 90.7 Å². The molecule has 0 aliphatic carbocycles. The summed E-state index contributed by atoms with van der Waals surface area (Å²) in [6, 6.07) is 3.89. The van der Waals surface area contributed by atoms with Gasteiger partial charge in [0.25, 0.3) is 0 Å². The predicted octanol–water partition coefficient (Wildman–Crippen LogP) is 3.30. The van der Waals surface area contributed by atoms with Crippen LogP contribution in [-0.2, 0) is 6.61 Å². The van der Waals surface area contributed by atoms with Crippen molar-refractivity contribution in [3.8, 4) is 0 Å². The molecule has 0 bridgehead atoms. The number of halogens is 1. The van der Waals surface area contributed by atoms with Crippen LogP contribution in [0.15, 0.2) is 21.0 Å². The Bertz CT molecular complexity index is 485. The first-order valence-electron chi connectivity index (χ1n) is 4.42. The van der Waals surface area contributed by atoms with Crippen LogP contribution >= 0.6 is 15.9 Å². The Morgan fingerprint density at radius 2 is 2.07 bits per heavy atom. The van der Waals surface area contributed by atoms with Crippen molar-refractivity contribution >= 4 is 26.9 Å². The minimum absolute atomic E-state index is 0.00231. The fourth-order valence-corrected chi connectivity index (χ4v) is 2.09. The van der Waals surface area contributed by atoms with Crippen molar-refractivity contribution in [2.24, 2.45) is 0 Å². The number of hydrogen-bond donors (Lipinski definition) is 1. The molecule has 0 amide bonds. The number of benzene rings is 1. The second-order valence-corrected chi connectivity index (χ2v) is 4.30. The molecule has 0 saturated carbocycles. The first kappa shape index (κ1) is 9.74. The first-order chi connectivity index (χ1) is 6.63. The number of aliphatic hydroxyl groups is 1. The van der Waals surface area contributed by atoms with Crippen molar-refractivity contribution in [3.05, 3.63) is 33.5 Å². The molecular formula is C11H11BrO2. The van der Waals surface area contributed by atoms with E-state index in [0.29, 0.717) is 0 Å². The number of rotatable bonds is 1. The van der Waals surface area contributed by atoms with Crippen LogP contribution in [0.25, 0.3) is 11.0 Å². The highest BCUT2D eigenvalue weighted by Crippen LogP contribution is 2.30. The Morgan fingerprint density at radius 3 is 2.71 bits per heavy atom. The van der Waals surface area contributed by atoms with Gasteiger partial charge in [0, 0.05) is 15.4 Å². The van der Waals surface area contributed by atoms with Crippen LogP contribution in [0.3, 0.4) is 0 Å². The molecule has 0 aliphatic rings. The minimum Gasteiger partial charge on any atom is -0.461 e. The molecule has 0 atom stereocenters. The van der Waals surface area contributed by atoms with Gasteiger partial charge in [-0.25, -0.2) is 0 Å². The van der Waals surface area contributed by atoms with Crippen molar-refractivity contribution in [3.63, 3.8) is 0 Å². The molecule has 2 aromatic rings. The lowest BCUT2D eigenvalue weighted by molar-refractivity contribution is 0.281. The van der Waals surface area contributed by atoms with Gasteiger partial charge in [0.1, 0.15) is 11.3 Å². The highest BCUT2D eigenvalue weighted by Gasteiger charge is 2.11. The molecule has 3 heteroatoms. The molecule has 2 rings (SSSR count). The van der Waals surface area contributed by atoms with Crippen molar-refractivity contribution in [2.75, 3.05) is 0 Å². The maximum atomic E-state index is 9.18. The number of aliphatic hydroxyl groups excluding tert-OH is 1. The van der Waals surface area contributed by atoms with Crippen molar-refractivity contribution in [1.82, 2.24) is 0 Å². The molecule has 74 valence electrons. The summed E-state index contributed by atoms with van der Waals surface area (Å²) < 4.78 is 6.57. The van der Waals surface area contributed by atoms with Gasteiger partial charge >= 0.3 is 0 Å². The molecule has 1 N–H and O–H groups in total. The second-order valence-electron chi connectivity index (χ2n) is 3.38. The Balaban J connectivity index is 2.87. The molecule has 1 aromatic heterocycles. The molecule has 0 aliphatic heterocycles. The van der Waals surface area contributed by atoms with Gasteiger partial charge in [-0.1, -0.05) is 15.9 Å². The lowest BCUT2D eigenvalue weighted by Gasteiger charge is -1.99. The normalized spacial score (nSPS) is 11.1. The standard InChI is InChI=1S/C11H11BrO2/c1-6-7(2)14-11-8(5-13)3-9(12)4-10(6)11/h3-4,13H,5H2,1-2H3. The van der Waals surface area contributed by atoms with Crippen LogP contribution in [0.2, 0.25) is 0 Å². The maximum Gasteiger partial charge on any atom is 0.140 e. The third-order valence-corrected chi connectivity index (χ3v) is 2.95. The topological polar surface area (TPSA) is 33.4 Å². The van der Waals surface area contributed by atoms with Crippen molar-refractivity contribution < 1.29 is 9.52 Å². The largest absolute Gasteiger partial charge is 0.461 e. The van der Waals surface area contributed by atoms with E-state index in [1.54, 1.807) is 0 Å². The van der Waals surface area contributed by atoms with Gasteiger partial charge in [0.2, 0.25) is 0 Å². The summed E-state index contributed by atoms with van der Waals surface area (Å²) in [7, 11) is 0. The quantitative estimate of drug-likeness (QED) is 0.848. The van der Waals surface area contributed by atoms with Gasteiger partial charge < -0.3 is 9.52 Å². The molecule has 0 spiro atoms. The molecule has 2 nitrogen and oxygen atoms in total. The van der Waals surface area contributed by atoms with E-state index in [1.807, 2.05) is 26.0 Å². The van der Waals surface area contributed by atoms with Crippen LogP contribution in [0.4, 0.5) is 0 Å². The van der Waals surface area contributed by atoms with E-state index in [-0.39, 0.29) is 6.61 Å². The lowest BCUT2D eigenvalue weighted by Crippen LogP contribution is -1.83. The van der Waals surface area contributed by atoms with Crippen LogP contribution in [0, 0.1) is 13.8 Å². The average Bonchev–Trinajstić information content (AvgIpc) is 2.43. The summed E-state index contributed by atoms with van der Waals surface area (Å²) >= 11 is 3.41. The fourth-order valence-electron chi connectivity index (χ4n) is 1.59. The molecule has 0 radical (unpaired) electrons. The molecule has 0 saturated heterocycles. The third-order valence-electron chi connectivity index (χ3n) is 2.49. The summed E-state index contributed by atoms with van der Waals surface area (Å²) in [6.45, 7) is 3.96. The second kappa shape index (κ2) is 3.41. The molecule has 1 aromatic carbocycles. The van der Waals surface area contributed by atoms with E-state index < -0.39 is 0 Å². The summed E-state index contributed by atoms with van der Waals surface area (Å²) in [6.07, 6.45) is 0. The van der Waals surface area contributed by atoms with Gasteiger partial charge in [-0.05, 0) is 31.5 Å². The van der Waals surface area contributed by atoms with E-state index in [1.165, 1.54) is 0 Å². The van der Waals surface area contributed by atoms with Gasteiger partial charge in [-0.15, -0.1) is 0 Å². The Hall–Kier alpha value is -0.800. The number of fused-ring (bicyclic) bond motifs is 1. The van der Waals surface area contributed by atoms with Crippen LogP contribution < -0.4 is 0 Å². The zero-order chi connectivity index (χ0) is 10.3. The van der Waals surface area contributed by atoms with Crippen LogP contribution in [0.5, 0.6) is 0 Å². The maximum absolute atomic E-state index is 9.18. The molecular weight excluding hydrogens is 244 g/mol. The summed E-state index contributed by atoms with van der Waals surface area (Å²) in [5.41, 5.74) is 2.76. The number of aryl methyl sites for hydroxylation is 2. The van der Waals surface area contributed by atoms with Crippen LogP contribution in [0.1, 0.15) is 16.9 Å². The fraction of sp³-hybridized carbons (Fsp3) is 0.273. The van der Waals surface area contributed by atoms with Crippen molar-refractivity contribution in [2.45, 2.75) is 20.5 Å². The Kier molecular flexibility index (Phi) is 2.37. The summed E-state index contributed by atoms with van der Waals surface area (Å²) in [5.74, 6) is 0.910. The predicted molar refractivity (Wildman–Crippen MR) is 59.3 cm³/mol. The highest BCUT2D eigenvalue weighted by molar-refractivity contribution is 9.10. The minimum atomic E-state index is 0.00231. The zero-order valence-corrected chi connectivity index (χ0v) is 9.68. The molecule has 14 heavy (non-hydrogen) atoms. The van der Waals surface area contributed by atoms with Crippen LogP contribution in [-0.4, -0.2) is 5.11 Å². The highest BCUT2D eigenvalue weighted by atomic mass is 79.9. The van der Waals surface area contributed by atoms with E-state index in [0.717, 1.165) is 32.3 Å². The van der Waals surface area contributed by atoms with E-state index in [4.69, 9.17) is 4.42 Å². The molecule has 0 unspecified atom stereocenters. The zero-order valence-electron chi connectivity index (χ0n) is 8.10. The smallest absolute Gasteiger partial charge is 0.140 e. The number of furan rings is 1. The van der Waals surface area contributed by atoms with E-state index in [9.17, 15) is 5.11 Å². The number of hydrogen-bond acceptors (Lipinski definition) is 2. The third kappa shape index (κ3) is 1.37. The van der Waals surface area contributed by atoms with Gasteiger partial charge in [0.05, 0.1) is 6.61 Å². The van der Waals surface area contributed by atoms with E-state index >= 15 is 0 Å². The molecule has 0 fully saturated rings. The van der Waals surface area contributed by atoms with Gasteiger partial charge in [0.15, 0.2) is 0 Å². The van der Waals surface area contributed by atoms with Gasteiger partial charge in [-0.3, -0.25) is 0 Å². The van der Waals surface area contributed by atoms with Gasteiger partial charge in [-0.2, -0.15) is 0 Å².